The SMILES string of the molecule is O=C1C[C@@H](O)CC(CO)N1. The van der Waals surface area contributed by atoms with Crippen LogP contribution in [0.25, 0.3) is 0 Å². The Hall–Kier alpha value is -0.610. The molecule has 10 heavy (non-hydrogen) atoms. The lowest BCUT2D eigenvalue weighted by molar-refractivity contribution is -0.126. The van der Waals surface area contributed by atoms with Gasteiger partial charge in [-0.05, 0) is 6.42 Å². The number of carbonyl (C=O) groups is 1. The highest BCUT2D eigenvalue weighted by Gasteiger charge is 2.23. The van der Waals surface area contributed by atoms with Gasteiger partial charge >= 0.3 is 0 Å². The van der Waals surface area contributed by atoms with Gasteiger partial charge in [0, 0.05) is 0 Å². The number of hydrogen-bond donors (Lipinski definition) is 3. The number of hydrogen-bond acceptors (Lipinski definition) is 3. The predicted molar refractivity (Wildman–Crippen MR) is 34.3 cm³/mol. The average Bonchev–Trinajstić information content (AvgIpc) is 1.85. The van der Waals surface area contributed by atoms with Crippen molar-refractivity contribution in [1.82, 2.24) is 5.32 Å². The molecule has 1 heterocycles. The fourth-order valence-corrected chi connectivity index (χ4v) is 1.09. The van der Waals surface area contributed by atoms with Crippen molar-refractivity contribution in [2.75, 3.05) is 6.61 Å². The number of rotatable bonds is 1. The van der Waals surface area contributed by atoms with Gasteiger partial charge in [0.2, 0.25) is 5.91 Å². The molecule has 1 amide bonds. The molecule has 4 heteroatoms. The topological polar surface area (TPSA) is 69.6 Å². The molecule has 1 rings (SSSR count). The minimum Gasteiger partial charge on any atom is -0.394 e. The molecule has 0 aromatic carbocycles. The molecule has 0 saturated carbocycles. The lowest BCUT2D eigenvalue weighted by Gasteiger charge is -2.24. The van der Waals surface area contributed by atoms with E-state index >= 15 is 0 Å². The van der Waals surface area contributed by atoms with Crippen LogP contribution < -0.4 is 5.32 Å². The molecule has 0 bridgehead atoms. The highest BCUT2D eigenvalue weighted by molar-refractivity contribution is 5.77. The molecular formula is C6H11NO3. The van der Waals surface area contributed by atoms with Crippen LogP contribution in [0.1, 0.15) is 12.8 Å². The summed E-state index contributed by atoms with van der Waals surface area (Å²) < 4.78 is 0. The van der Waals surface area contributed by atoms with Gasteiger partial charge in [0.25, 0.3) is 0 Å². The van der Waals surface area contributed by atoms with E-state index in [4.69, 9.17) is 10.2 Å². The number of aliphatic hydroxyl groups is 2. The van der Waals surface area contributed by atoms with Crippen molar-refractivity contribution in [2.45, 2.75) is 25.0 Å². The van der Waals surface area contributed by atoms with E-state index in [0.29, 0.717) is 6.42 Å². The fraction of sp³-hybridized carbons (Fsp3) is 0.833. The van der Waals surface area contributed by atoms with E-state index in [2.05, 4.69) is 5.32 Å². The van der Waals surface area contributed by atoms with E-state index in [1.165, 1.54) is 0 Å². The first-order valence-electron chi connectivity index (χ1n) is 3.30. The number of amides is 1. The van der Waals surface area contributed by atoms with Crippen LogP contribution in [0, 0.1) is 0 Å². The molecule has 1 saturated heterocycles. The summed E-state index contributed by atoms with van der Waals surface area (Å²) in [5.74, 6) is -0.183. The lowest BCUT2D eigenvalue weighted by Crippen LogP contribution is -2.46. The Morgan fingerprint density at radius 3 is 2.90 bits per heavy atom. The number of aliphatic hydroxyl groups excluding tert-OH is 2. The monoisotopic (exact) mass is 145 g/mol. The summed E-state index contributed by atoms with van der Waals surface area (Å²) >= 11 is 0. The molecule has 0 aromatic heterocycles. The molecule has 1 unspecified atom stereocenters. The minimum atomic E-state index is -0.578. The van der Waals surface area contributed by atoms with Crippen molar-refractivity contribution in [3.05, 3.63) is 0 Å². The van der Waals surface area contributed by atoms with E-state index < -0.39 is 6.10 Å². The van der Waals surface area contributed by atoms with Crippen LogP contribution >= 0.6 is 0 Å². The van der Waals surface area contributed by atoms with Crippen LogP contribution in [0.3, 0.4) is 0 Å². The van der Waals surface area contributed by atoms with E-state index in [1.807, 2.05) is 0 Å². The maximum atomic E-state index is 10.7. The summed E-state index contributed by atoms with van der Waals surface area (Å²) in [5, 5.41) is 20.2. The highest BCUT2D eigenvalue weighted by atomic mass is 16.3. The maximum Gasteiger partial charge on any atom is 0.222 e. The van der Waals surface area contributed by atoms with Crippen LogP contribution in [-0.2, 0) is 4.79 Å². The first kappa shape index (κ1) is 7.50. The van der Waals surface area contributed by atoms with Gasteiger partial charge in [-0.1, -0.05) is 0 Å². The Morgan fingerprint density at radius 1 is 1.70 bits per heavy atom. The molecule has 0 radical (unpaired) electrons. The Balaban J connectivity index is 2.42. The summed E-state index contributed by atoms with van der Waals surface area (Å²) in [7, 11) is 0. The number of piperidine rings is 1. The van der Waals surface area contributed by atoms with E-state index in [-0.39, 0.29) is 25.0 Å². The third-order valence-corrected chi connectivity index (χ3v) is 1.56. The lowest BCUT2D eigenvalue weighted by atomic mass is 10.0. The Labute approximate surface area is 58.9 Å². The molecular weight excluding hydrogens is 134 g/mol. The van der Waals surface area contributed by atoms with Crippen molar-refractivity contribution in [1.29, 1.82) is 0 Å². The molecule has 4 nitrogen and oxygen atoms in total. The van der Waals surface area contributed by atoms with Crippen molar-refractivity contribution >= 4 is 5.91 Å². The van der Waals surface area contributed by atoms with Crippen LogP contribution in [0.15, 0.2) is 0 Å². The maximum absolute atomic E-state index is 10.7. The second kappa shape index (κ2) is 2.98. The van der Waals surface area contributed by atoms with Crippen LogP contribution in [-0.4, -0.2) is 34.9 Å². The first-order chi connectivity index (χ1) is 4.72. The average molecular weight is 145 g/mol. The molecule has 1 aliphatic rings. The van der Waals surface area contributed by atoms with Crippen molar-refractivity contribution in [3.63, 3.8) is 0 Å². The van der Waals surface area contributed by atoms with Gasteiger partial charge in [0.15, 0.2) is 0 Å². The Kier molecular flexibility index (Phi) is 2.24. The fourth-order valence-electron chi connectivity index (χ4n) is 1.09. The van der Waals surface area contributed by atoms with E-state index in [1.54, 1.807) is 0 Å². The van der Waals surface area contributed by atoms with Gasteiger partial charge in [-0.3, -0.25) is 4.79 Å². The van der Waals surface area contributed by atoms with Gasteiger partial charge in [0.1, 0.15) is 0 Å². The van der Waals surface area contributed by atoms with Crippen LogP contribution in [0.2, 0.25) is 0 Å². The summed E-state index contributed by atoms with van der Waals surface area (Å²) in [6.45, 7) is -0.0944. The third kappa shape index (κ3) is 1.68. The van der Waals surface area contributed by atoms with Crippen LogP contribution in [0.5, 0.6) is 0 Å². The van der Waals surface area contributed by atoms with Gasteiger partial charge in [-0.15, -0.1) is 0 Å². The second-order valence-electron chi connectivity index (χ2n) is 2.54. The summed E-state index contributed by atoms with van der Waals surface area (Å²) in [4.78, 5) is 10.7. The molecule has 1 aliphatic heterocycles. The molecule has 1 fully saturated rings. The molecule has 3 N–H and O–H groups in total. The van der Waals surface area contributed by atoms with E-state index in [9.17, 15) is 4.79 Å². The highest BCUT2D eigenvalue weighted by Crippen LogP contribution is 2.08. The second-order valence-corrected chi connectivity index (χ2v) is 2.54. The van der Waals surface area contributed by atoms with Gasteiger partial charge in [0.05, 0.1) is 25.2 Å². The zero-order chi connectivity index (χ0) is 7.56. The molecule has 0 spiro atoms. The summed E-state index contributed by atoms with van der Waals surface area (Å²) in [6, 6.07) is -0.253. The molecule has 0 aliphatic carbocycles. The summed E-state index contributed by atoms with van der Waals surface area (Å²) in [5.41, 5.74) is 0. The molecule has 2 atom stereocenters. The Bertz CT molecular complexity index is 137. The Morgan fingerprint density at radius 2 is 2.40 bits per heavy atom. The minimum absolute atomic E-state index is 0.0944. The standard InChI is InChI=1S/C6H11NO3/c8-3-4-1-5(9)2-6(10)7-4/h4-5,8-9H,1-3H2,(H,7,10)/t4?,5-/m0/s1. The largest absolute Gasteiger partial charge is 0.394 e. The molecule has 58 valence electrons. The van der Waals surface area contributed by atoms with Crippen molar-refractivity contribution in [3.8, 4) is 0 Å². The number of carbonyl (C=O) groups excluding carboxylic acids is 1. The smallest absolute Gasteiger partial charge is 0.222 e. The zero-order valence-corrected chi connectivity index (χ0v) is 5.58. The van der Waals surface area contributed by atoms with Crippen molar-refractivity contribution in [2.24, 2.45) is 0 Å². The number of nitrogens with one attached hydrogen (secondary N) is 1. The normalized spacial score (nSPS) is 33.6. The first-order valence-corrected chi connectivity index (χ1v) is 3.30. The van der Waals surface area contributed by atoms with Crippen LogP contribution in [0.4, 0.5) is 0 Å². The third-order valence-electron chi connectivity index (χ3n) is 1.56. The van der Waals surface area contributed by atoms with Gasteiger partial charge in [-0.25, -0.2) is 0 Å². The zero-order valence-electron chi connectivity index (χ0n) is 5.58. The quantitative estimate of drug-likeness (QED) is 0.426. The van der Waals surface area contributed by atoms with Crippen molar-refractivity contribution < 1.29 is 15.0 Å². The summed E-state index contributed by atoms with van der Waals surface area (Å²) in [6.07, 6.45) is 0.0459. The van der Waals surface area contributed by atoms with Gasteiger partial charge in [-0.2, -0.15) is 0 Å². The van der Waals surface area contributed by atoms with Gasteiger partial charge < -0.3 is 15.5 Å². The van der Waals surface area contributed by atoms with E-state index in [0.717, 1.165) is 0 Å². The predicted octanol–water partition coefficient (Wildman–Crippen LogP) is -1.38. The molecule has 0 aromatic rings.